The minimum Gasteiger partial charge on any atom is -0.307 e. The highest BCUT2D eigenvalue weighted by Gasteiger charge is 2.26. The predicted molar refractivity (Wildman–Crippen MR) is 63.3 cm³/mol. The van der Waals surface area contributed by atoms with Crippen LogP contribution in [0.3, 0.4) is 0 Å². The second kappa shape index (κ2) is 4.68. The van der Waals surface area contributed by atoms with Crippen molar-refractivity contribution in [1.82, 2.24) is 9.78 Å². The third-order valence-corrected chi connectivity index (χ3v) is 3.25. The standard InChI is InChI=1S/C12H19N3O/c1-3-14-9-12(8-13-14)15(10(2)16)11-6-4-5-7-11/h8-9,11H,3-7H2,1-2H3. The minimum atomic E-state index is 0.127. The van der Waals surface area contributed by atoms with E-state index < -0.39 is 0 Å². The lowest BCUT2D eigenvalue weighted by Crippen LogP contribution is -2.37. The first-order valence-electron chi connectivity index (χ1n) is 6.04. The van der Waals surface area contributed by atoms with Crippen LogP contribution in [0.1, 0.15) is 39.5 Å². The molecule has 1 fully saturated rings. The van der Waals surface area contributed by atoms with Gasteiger partial charge in [-0.2, -0.15) is 5.10 Å². The number of amides is 1. The SMILES string of the molecule is CCn1cc(N(C(C)=O)C2CCCC2)cn1. The van der Waals surface area contributed by atoms with Gasteiger partial charge in [0, 0.05) is 25.7 Å². The zero-order chi connectivity index (χ0) is 11.5. The Kier molecular flexibility index (Phi) is 3.27. The van der Waals surface area contributed by atoms with Crippen LogP contribution in [0.5, 0.6) is 0 Å². The number of aromatic nitrogens is 2. The molecule has 0 atom stereocenters. The number of rotatable bonds is 3. The molecule has 1 heterocycles. The first-order valence-corrected chi connectivity index (χ1v) is 6.04. The molecule has 1 saturated carbocycles. The van der Waals surface area contributed by atoms with Gasteiger partial charge in [0.1, 0.15) is 0 Å². The van der Waals surface area contributed by atoms with Crippen molar-refractivity contribution in [1.29, 1.82) is 0 Å². The molecule has 0 saturated heterocycles. The summed E-state index contributed by atoms with van der Waals surface area (Å²) in [5.74, 6) is 0.127. The molecule has 1 aromatic rings. The Morgan fingerprint density at radius 2 is 2.25 bits per heavy atom. The molecule has 1 aromatic heterocycles. The lowest BCUT2D eigenvalue weighted by Gasteiger charge is -2.26. The lowest BCUT2D eigenvalue weighted by atomic mass is 10.2. The number of hydrogen-bond donors (Lipinski definition) is 0. The summed E-state index contributed by atoms with van der Waals surface area (Å²) in [5, 5.41) is 4.23. The summed E-state index contributed by atoms with van der Waals surface area (Å²) < 4.78 is 1.86. The fourth-order valence-electron chi connectivity index (χ4n) is 2.46. The molecular weight excluding hydrogens is 202 g/mol. The average molecular weight is 221 g/mol. The van der Waals surface area contributed by atoms with Crippen LogP contribution in [0.4, 0.5) is 5.69 Å². The van der Waals surface area contributed by atoms with E-state index in [1.54, 1.807) is 13.1 Å². The van der Waals surface area contributed by atoms with Crippen molar-refractivity contribution >= 4 is 11.6 Å². The van der Waals surface area contributed by atoms with Gasteiger partial charge in [0.2, 0.25) is 5.91 Å². The van der Waals surface area contributed by atoms with Crippen molar-refractivity contribution in [3.8, 4) is 0 Å². The molecule has 0 spiro atoms. The Morgan fingerprint density at radius 3 is 2.75 bits per heavy atom. The van der Waals surface area contributed by atoms with Crippen LogP contribution in [0.15, 0.2) is 12.4 Å². The van der Waals surface area contributed by atoms with Gasteiger partial charge in [-0.25, -0.2) is 0 Å². The predicted octanol–water partition coefficient (Wildman–Crippen LogP) is 2.20. The smallest absolute Gasteiger partial charge is 0.224 e. The highest BCUT2D eigenvalue weighted by atomic mass is 16.2. The van der Waals surface area contributed by atoms with Crippen LogP contribution in [0, 0.1) is 0 Å². The molecule has 0 unspecified atom stereocenters. The number of carbonyl (C=O) groups excluding carboxylic acids is 1. The summed E-state index contributed by atoms with van der Waals surface area (Å²) >= 11 is 0. The summed E-state index contributed by atoms with van der Waals surface area (Å²) in [7, 11) is 0. The third-order valence-electron chi connectivity index (χ3n) is 3.25. The monoisotopic (exact) mass is 221 g/mol. The lowest BCUT2D eigenvalue weighted by molar-refractivity contribution is -0.117. The van der Waals surface area contributed by atoms with E-state index in [9.17, 15) is 4.79 Å². The Morgan fingerprint density at radius 1 is 1.56 bits per heavy atom. The normalized spacial score (nSPS) is 16.6. The van der Waals surface area contributed by atoms with Crippen molar-refractivity contribution in [3.05, 3.63) is 12.4 Å². The van der Waals surface area contributed by atoms with E-state index in [0.29, 0.717) is 6.04 Å². The zero-order valence-electron chi connectivity index (χ0n) is 10.0. The van der Waals surface area contributed by atoms with Crippen LogP contribution in [-0.2, 0) is 11.3 Å². The van der Waals surface area contributed by atoms with Crippen LogP contribution in [-0.4, -0.2) is 21.7 Å². The number of carbonyl (C=O) groups is 1. The molecular formula is C12H19N3O. The highest BCUT2D eigenvalue weighted by molar-refractivity contribution is 5.91. The van der Waals surface area contributed by atoms with Gasteiger partial charge in [0.25, 0.3) is 0 Å². The van der Waals surface area contributed by atoms with E-state index in [4.69, 9.17) is 0 Å². The molecule has 4 nitrogen and oxygen atoms in total. The first kappa shape index (κ1) is 11.2. The number of nitrogens with zero attached hydrogens (tertiary/aromatic N) is 3. The van der Waals surface area contributed by atoms with Crippen molar-refractivity contribution in [3.63, 3.8) is 0 Å². The zero-order valence-corrected chi connectivity index (χ0v) is 10.0. The summed E-state index contributed by atoms with van der Waals surface area (Å²) in [4.78, 5) is 13.6. The van der Waals surface area contributed by atoms with Gasteiger partial charge in [0.05, 0.1) is 11.9 Å². The second-order valence-electron chi connectivity index (χ2n) is 4.38. The van der Waals surface area contributed by atoms with Gasteiger partial charge in [-0.05, 0) is 19.8 Å². The van der Waals surface area contributed by atoms with E-state index >= 15 is 0 Å². The van der Waals surface area contributed by atoms with Crippen LogP contribution in [0.25, 0.3) is 0 Å². The van der Waals surface area contributed by atoms with Crippen LogP contribution in [0.2, 0.25) is 0 Å². The van der Waals surface area contributed by atoms with Gasteiger partial charge in [-0.1, -0.05) is 12.8 Å². The van der Waals surface area contributed by atoms with Gasteiger partial charge in [0.15, 0.2) is 0 Å². The second-order valence-corrected chi connectivity index (χ2v) is 4.38. The molecule has 16 heavy (non-hydrogen) atoms. The Hall–Kier alpha value is -1.32. The molecule has 88 valence electrons. The van der Waals surface area contributed by atoms with E-state index in [0.717, 1.165) is 25.1 Å². The van der Waals surface area contributed by atoms with Gasteiger partial charge < -0.3 is 4.90 Å². The number of hydrogen-bond acceptors (Lipinski definition) is 2. The molecule has 4 heteroatoms. The largest absolute Gasteiger partial charge is 0.307 e. The van der Waals surface area contributed by atoms with Crippen molar-refractivity contribution < 1.29 is 4.79 Å². The first-order chi connectivity index (χ1) is 7.72. The minimum absolute atomic E-state index is 0.127. The maximum atomic E-state index is 11.7. The van der Waals surface area contributed by atoms with Crippen molar-refractivity contribution in [2.75, 3.05) is 4.90 Å². The average Bonchev–Trinajstić information content (AvgIpc) is 2.88. The Bertz CT molecular complexity index is 366. The molecule has 1 aliphatic carbocycles. The van der Waals surface area contributed by atoms with Crippen molar-refractivity contribution in [2.45, 2.75) is 52.1 Å². The third kappa shape index (κ3) is 2.10. The molecule has 0 aliphatic heterocycles. The van der Waals surface area contributed by atoms with Gasteiger partial charge in [-0.15, -0.1) is 0 Å². The molecule has 2 rings (SSSR count). The molecule has 0 N–H and O–H groups in total. The maximum Gasteiger partial charge on any atom is 0.224 e. The Labute approximate surface area is 96.2 Å². The van der Waals surface area contributed by atoms with Gasteiger partial charge >= 0.3 is 0 Å². The van der Waals surface area contributed by atoms with E-state index in [1.807, 2.05) is 22.7 Å². The highest BCUT2D eigenvalue weighted by Crippen LogP contribution is 2.28. The van der Waals surface area contributed by atoms with Crippen LogP contribution < -0.4 is 4.90 Å². The summed E-state index contributed by atoms with van der Waals surface area (Å²) in [5.41, 5.74) is 0.946. The fraction of sp³-hybridized carbons (Fsp3) is 0.667. The summed E-state index contributed by atoms with van der Waals surface area (Å²) in [6, 6.07) is 0.381. The number of aryl methyl sites for hydroxylation is 1. The quantitative estimate of drug-likeness (QED) is 0.784. The molecule has 0 radical (unpaired) electrons. The van der Waals surface area contributed by atoms with Gasteiger partial charge in [-0.3, -0.25) is 9.48 Å². The van der Waals surface area contributed by atoms with E-state index in [1.165, 1.54) is 12.8 Å². The molecule has 0 aromatic carbocycles. The molecule has 0 bridgehead atoms. The van der Waals surface area contributed by atoms with E-state index in [2.05, 4.69) is 5.10 Å². The molecule has 1 amide bonds. The van der Waals surface area contributed by atoms with Crippen molar-refractivity contribution in [2.24, 2.45) is 0 Å². The summed E-state index contributed by atoms with van der Waals surface area (Å²) in [6.07, 6.45) is 8.46. The Balaban J connectivity index is 2.21. The summed E-state index contributed by atoms with van der Waals surface area (Å²) in [6.45, 7) is 4.53. The van der Waals surface area contributed by atoms with Crippen LogP contribution >= 0.6 is 0 Å². The molecule has 1 aliphatic rings. The number of anilines is 1. The fourth-order valence-corrected chi connectivity index (χ4v) is 2.46. The van der Waals surface area contributed by atoms with E-state index in [-0.39, 0.29) is 5.91 Å². The maximum absolute atomic E-state index is 11.7. The topological polar surface area (TPSA) is 38.1 Å².